The van der Waals surface area contributed by atoms with Gasteiger partial charge in [0.25, 0.3) is 0 Å². The summed E-state index contributed by atoms with van der Waals surface area (Å²) >= 11 is 0. The topological polar surface area (TPSA) is 69.4 Å². The van der Waals surface area contributed by atoms with E-state index in [2.05, 4.69) is 0 Å². The predicted octanol–water partition coefficient (Wildman–Crippen LogP) is 2.68. The number of benzene rings is 2. The largest absolute Gasteiger partial charge is 0.493 e. The fourth-order valence-corrected chi connectivity index (χ4v) is 2.69. The molecule has 0 aliphatic carbocycles. The zero-order valence-electron chi connectivity index (χ0n) is 11.3. The average molecular weight is 293 g/mol. The van der Waals surface area contributed by atoms with Crippen LogP contribution in [0.2, 0.25) is 0 Å². The second-order valence-electron chi connectivity index (χ2n) is 4.75. The molecule has 0 aromatic heterocycles. The molecule has 0 aliphatic heterocycles. The van der Waals surface area contributed by atoms with Crippen LogP contribution in [0.5, 0.6) is 5.75 Å². The lowest BCUT2D eigenvalue weighted by atomic mass is 10.1. The molecule has 2 N–H and O–H groups in total. The summed E-state index contributed by atoms with van der Waals surface area (Å²) in [5, 5.41) is 7.19. The van der Waals surface area contributed by atoms with Gasteiger partial charge in [-0.3, -0.25) is 0 Å². The second kappa shape index (κ2) is 6.72. The van der Waals surface area contributed by atoms with Crippen molar-refractivity contribution >= 4 is 20.8 Å². The van der Waals surface area contributed by atoms with E-state index in [9.17, 15) is 8.42 Å². The molecule has 0 fully saturated rings. The van der Waals surface area contributed by atoms with Crippen LogP contribution in [0.25, 0.3) is 10.8 Å². The summed E-state index contributed by atoms with van der Waals surface area (Å²) in [6.45, 7) is 0.582. The van der Waals surface area contributed by atoms with Gasteiger partial charge in [0.1, 0.15) is 5.75 Å². The molecule has 20 heavy (non-hydrogen) atoms. The Balaban J connectivity index is 1.82. The van der Waals surface area contributed by atoms with Crippen molar-refractivity contribution in [1.82, 2.24) is 0 Å². The highest BCUT2D eigenvalue weighted by Crippen LogP contribution is 2.25. The van der Waals surface area contributed by atoms with Crippen molar-refractivity contribution in [2.75, 3.05) is 12.4 Å². The maximum Gasteiger partial charge on any atom is 0.209 e. The van der Waals surface area contributed by atoms with E-state index in [1.165, 1.54) is 0 Å². The summed E-state index contributed by atoms with van der Waals surface area (Å²) in [5.74, 6) is 0.913. The number of hydrogen-bond donors (Lipinski definition) is 1. The summed E-state index contributed by atoms with van der Waals surface area (Å²) in [6.07, 6.45) is 2.19. The number of fused-ring (bicyclic) bond motifs is 1. The Hall–Kier alpha value is -1.59. The van der Waals surface area contributed by atoms with Crippen LogP contribution in [0.4, 0.5) is 0 Å². The average Bonchev–Trinajstić information content (AvgIpc) is 2.41. The Bertz CT molecular complexity index is 662. The smallest absolute Gasteiger partial charge is 0.209 e. The van der Waals surface area contributed by atoms with Gasteiger partial charge in [0.05, 0.1) is 12.4 Å². The summed E-state index contributed by atoms with van der Waals surface area (Å²) in [4.78, 5) is 0. The van der Waals surface area contributed by atoms with Crippen molar-refractivity contribution in [2.45, 2.75) is 19.3 Å². The molecule has 4 nitrogen and oxygen atoms in total. The van der Waals surface area contributed by atoms with Crippen LogP contribution in [0.3, 0.4) is 0 Å². The van der Waals surface area contributed by atoms with Gasteiger partial charge in [-0.15, -0.1) is 0 Å². The van der Waals surface area contributed by atoms with E-state index in [0.717, 1.165) is 29.4 Å². The maximum absolute atomic E-state index is 10.8. The van der Waals surface area contributed by atoms with Gasteiger partial charge in [0.2, 0.25) is 10.0 Å². The molecule has 0 amide bonds. The second-order valence-corrected chi connectivity index (χ2v) is 6.49. The van der Waals surface area contributed by atoms with Gasteiger partial charge in [0.15, 0.2) is 0 Å². The number of unbranched alkanes of at least 4 members (excludes halogenated alkanes) is 2. The van der Waals surface area contributed by atoms with Crippen LogP contribution in [-0.2, 0) is 10.0 Å². The van der Waals surface area contributed by atoms with E-state index in [-0.39, 0.29) is 5.75 Å². The molecule has 0 aliphatic rings. The van der Waals surface area contributed by atoms with Crippen molar-refractivity contribution in [2.24, 2.45) is 5.14 Å². The summed E-state index contributed by atoms with van der Waals surface area (Å²) < 4.78 is 27.3. The van der Waals surface area contributed by atoms with Crippen LogP contribution in [-0.4, -0.2) is 20.8 Å². The molecule has 2 rings (SSSR count). The van der Waals surface area contributed by atoms with Crippen LogP contribution < -0.4 is 9.88 Å². The Morgan fingerprint density at radius 1 is 0.950 bits per heavy atom. The van der Waals surface area contributed by atoms with Crippen molar-refractivity contribution in [3.63, 3.8) is 0 Å². The lowest BCUT2D eigenvalue weighted by Crippen LogP contribution is -2.16. The number of nitrogens with two attached hydrogens (primary N) is 1. The highest BCUT2D eigenvalue weighted by atomic mass is 32.2. The van der Waals surface area contributed by atoms with Gasteiger partial charge in [-0.05, 0) is 30.7 Å². The number of primary sulfonamides is 1. The highest BCUT2D eigenvalue weighted by Gasteiger charge is 2.03. The molecule has 0 unspecified atom stereocenters. The number of hydrogen-bond acceptors (Lipinski definition) is 3. The summed E-state index contributed by atoms with van der Waals surface area (Å²) in [5.41, 5.74) is 0. The van der Waals surface area contributed by atoms with Gasteiger partial charge in [-0.25, -0.2) is 13.6 Å². The molecule has 5 heteroatoms. The van der Waals surface area contributed by atoms with E-state index in [0.29, 0.717) is 13.0 Å². The van der Waals surface area contributed by atoms with Gasteiger partial charge in [-0.2, -0.15) is 0 Å². The third-order valence-electron chi connectivity index (χ3n) is 3.08. The van der Waals surface area contributed by atoms with Crippen LogP contribution in [0.1, 0.15) is 19.3 Å². The minimum atomic E-state index is -3.33. The molecular formula is C15H19NO3S. The van der Waals surface area contributed by atoms with Gasteiger partial charge in [0, 0.05) is 5.39 Å². The molecule has 108 valence electrons. The van der Waals surface area contributed by atoms with Crippen LogP contribution in [0.15, 0.2) is 42.5 Å². The molecule has 0 bridgehead atoms. The predicted molar refractivity (Wildman–Crippen MR) is 81.3 cm³/mol. The summed E-state index contributed by atoms with van der Waals surface area (Å²) in [6, 6.07) is 14.0. The van der Waals surface area contributed by atoms with Gasteiger partial charge >= 0.3 is 0 Å². The van der Waals surface area contributed by atoms with Crippen LogP contribution in [0, 0.1) is 0 Å². The van der Waals surface area contributed by atoms with E-state index in [1.807, 2.05) is 42.5 Å². The minimum Gasteiger partial charge on any atom is -0.493 e. The Kier molecular flexibility index (Phi) is 4.98. The zero-order chi connectivity index (χ0) is 14.4. The fraction of sp³-hybridized carbons (Fsp3) is 0.333. The number of rotatable bonds is 7. The monoisotopic (exact) mass is 293 g/mol. The fourth-order valence-electron chi connectivity index (χ4n) is 2.09. The quantitative estimate of drug-likeness (QED) is 0.798. The lowest BCUT2D eigenvalue weighted by molar-refractivity contribution is 0.310. The standard InChI is InChI=1S/C15H19NO3S/c16-20(17,18)12-5-1-4-11-19-15-10-6-8-13-7-2-3-9-14(13)15/h2-3,6-10H,1,4-5,11-12H2,(H2,16,17,18). The molecule has 0 saturated heterocycles. The normalized spacial score (nSPS) is 11.7. The lowest BCUT2D eigenvalue weighted by Gasteiger charge is -2.09. The van der Waals surface area contributed by atoms with E-state index >= 15 is 0 Å². The van der Waals surface area contributed by atoms with Crippen molar-refractivity contribution in [1.29, 1.82) is 0 Å². The zero-order valence-corrected chi connectivity index (χ0v) is 12.1. The Labute approximate surface area is 119 Å². The summed E-state index contributed by atoms with van der Waals surface area (Å²) in [7, 11) is -3.33. The minimum absolute atomic E-state index is 0.0429. The SMILES string of the molecule is NS(=O)(=O)CCCCCOc1cccc2ccccc12. The highest BCUT2D eigenvalue weighted by molar-refractivity contribution is 7.89. The first-order valence-corrected chi connectivity index (χ1v) is 8.39. The first kappa shape index (κ1) is 14.8. The Morgan fingerprint density at radius 2 is 1.70 bits per heavy atom. The first-order chi connectivity index (χ1) is 9.56. The third-order valence-corrected chi connectivity index (χ3v) is 3.94. The third kappa shape index (κ3) is 4.51. The molecule has 0 radical (unpaired) electrons. The van der Waals surface area contributed by atoms with E-state index < -0.39 is 10.0 Å². The molecule has 0 saturated carbocycles. The number of ether oxygens (including phenoxy) is 1. The molecular weight excluding hydrogens is 274 g/mol. The van der Waals surface area contributed by atoms with Crippen LogP contribution >= 0.6 is 0 Å². The van der Waals surface area contributed by atoms with Gasteiger partial charge < -0.3 is 4.74 Å². The van der Waals surface area contributed by atoms with Crippen molar-refractivity contribution in [3.05, 3.63) is 42.5 Å². The van der Waals surface area contributed by atoms with Crippen molar-refractivity contribution in [3.8, 4) is 5.75 Å². The van der Waals surface area contributed by atoms with E-state index in [1.54, 1.807) is 0 Å². The maximum atomic E-state index is 10.8. The van der Waals surface area contributed by atoms with E-state index in [4.69, 9.17) is 9.88 Å². The van der Waals surface area contributed by atoms with Gasteiger partial charge in [-0.1, -0.05) is 36.4 Å². The first-order valence-electron chi connectivity index (χ1n) is 6.67. The molecule has 0 atom stereocenters. The molecule has 2 aromatic rings. The number of sulfonamides is 1. The van der Waals surface area contributed by atoms with Crippen molar-refractivity contribution < 1.29 is 13.2 Å². The molecule has 0 heterocycles. The molecule has 0 spiro atoms. The Morgan fingerprint density at radius 3 is 2.50 bits per heavy atom. The molecule has 2 aromatic carbocycles.